The van der Waals surface area contributed by atoms with Gasteiger partial charge < -0.3 is 14.6 Å². The number of hydrogen-bond acceptors (Lipinski definition) is 5. The molecule has 1 atom stereocenters. The van der Waals surface area contributed by atoms with Crippen LogP contribution in [-0.4, -0.2) is 58.4 Å². The number of nitrogens with one attached hydrogen (secondary N) is 1. The Morgan fingerprint density at radius 1 is 1.39 bits per heavy atom. The van der Waals surface area contributed by atoms with Crippen molar-refractivity contribution < 1.29 is 9.53 Å². The van der Waals surface area contributed by atoms with Gasteiger partial charge in [-0.3, -0.25) is 9.69 Å². The lowest BCUT2D eigenvalue weighted by molar-refractivity contribution is -0.122. The van der Waals surface area contributed by atoms with Gasteiger partial charge in [-0.25, -0.2) is 0 Å². The van der Waals surface area contributed by atoms with E-state index in [4.69, 9.17) is 4.74 Å². The van der Waals surface area contributed by atoms with Crippen molar-refractivity contribution in [2.24, 2.45) is 0 Å². The van der Waals surface area contributed by atoms with Crippen LogP contribution in [0.25, 0.3) is 0 Å². The summed E-state index contributed by atoms with van der Waals surface area (Å²) in [6, 6.07) is 8.00. The molecule has 0 spiro atoms. The van der Waals surface area contributed by atoms with E-state index in [9.17, 15) is 4.79 Å². The van der Waals surface area contributed by atoms with Crippen molar-refractivity contribution in [1.29, 1.82) is 0 Å². The average molecular weight is 315 g/mol. The van der Waals surface area contributed by atoms with Crippen LogP contribution >= 0.6 is 0 Å². The topological polar surface area (TPSA) is 72.3 Å². The zero-order valence-corrected chi connectivity index (χ0v) is 13.2. The smallest absolute Gasteiger partial charge is 0.234 e. The quantitative estimate of drug-likeness (QED) is 0.797. The summed E-state index contributed by atoms with van der Waals surface area (Å²) < 4.78 is 7.70. The number of carbonyl (C=O) groups excluding carboxylic acids is 1. The van der Waals surface area contributed by atoms with E-state index in [1.165, 1.54) is 5.56 Å². The number of ether oxygens (including phenoxy) is 1. The first-order valence-electron chi connectivity index (χ1n) is 7.73. The highest BCUT2D eigenvalue weighted by Gasteiger charge is 2.22. The predicted octanol–water partition coefficient (Wildman–Crippen LogP) is 0.330. The first-order chi connectivity index (χ1) is 11.2. The van der Waals surface area contributed by atoms with Crippen molar-refractivity contribution in [1.82, 2.24) is 25.0 Å². The molecule has 1 aromatic carbocycles. The SMILES string of the molecule is CN(CCn1cnnc1)CC(=O)NCC1Cc2ccccc2O1. The molecule has 2 heterocycles. The van der Waals surface area contributed by atoms with Gasteiger partial charge in [0.15, 0.2) is 0 Å². The Kier molecular flexibility index (Phi) is 4.87. The second-order valence-electron chi connectivity index (χ2n) is 5.79. The van der Waals surface area contributed by atoms with Gasteiger partial charge in [0.25, 0.3) is 0 Å². The minimum Gasteiger partial charge on any atom is -0.488 e. The molecular formula is C16H21N5O2. The molecule has 0 fully saturated rings. The predicted molar refractivity (Wildman–Crippen MR) is 85.1 cm³/mol. The van der Waals surface area contributed by atoms with E-state index < -0.39 is 0 Å². The molecule has 0 aliphatic carbocycles. The summed E-state index contributed by atoms with van der Waals surface area (Å²) in [4.78, 5) is 14.0. The summed E-state index contributed by atoms with van der Waals surface area (Å²) in [6.07, 6.45) is 4.21. The number of fused-ring (bicyclic) bond motifs is 1. The monoisotopic (exact) mass is 315 g/mol. The molecule has 7 heteroatoms. The van der Waals surface area contributed by atoms with Crippen molar-refractivity contribution in [2.45, 2.75) is 19.1 Å². The first kappa shape index (κ1) is 15.5. The molecule has 23 heavy (non-hydrogen) atoms. The minimum atomic E-state index is 0.0100. The molecule has 1 aliphatic heterocycles. The average Bonchev–Trinajstić information content (AvgIpc) is 3.19. The van der Waals surface area contributed by atoms with Gasteiger partial charge >= 0.3 is 0 Å². The standard InChI is InChI=1S/C16H21N5O2/c1-20(6-7-21-11-18-19-12-21)10-16(22)17-9-14-8-13-4-2-3-5-15(13)23-14/h2-5,11-12,14H,6-10H2,1H3,(H,17,22). The molecule has 0 saturated heterocycles. The lowest BCUT2D eigenvalue weighted by Crippen LogP contribution is -2.40. The van der Waals surface area contributed by atoms with E-state index in [1.54, 1.807) is 12.7 Å². The molecule has 1 amide bonds. The van der Waals surface area contributed by atoms with Crippen LogP contribution in [0.15, 0.2) is 36.9 Å². The molecule has 3 rings (SSSR count). The summed E-state index contributed by atoms with van der Waals surface area (Å²) in [7, 11) is 1.92. The molecule has 2 aromatic rings. The van der Waals surface area contributed by atoms with Gasteiger partial charge in [-0.2, -0.15) is 0 Å². The Labute approximate surface area is 135 Å². The second kappa shape index (κ2) is 7.23. The zero-order valence-electron chi connectivity index (χ0n) is 13.2. The molecule has 7 nitrogen and oxygen atoms in total. The molecule has 1 aromatic heterocycles. The van der Waals surface area contributed by atoms with E-state index >= 15 is 0 Å². The van der Waals surface area contributed by atoms with Gasteiger partial charge in [-0.15, -0.1) is 10.2 Å². The number of para-hydroxylation sites is 1. The molecule has 0 saturated carbocycles. The fourth-order valence-electron chi connectivity index (χ4n) is 2.60. The normalized spacial score (nSPS) is 16.2. The Balaban J connectivity index is 1.35. The fourth-order valence-corrected chi connectivity index (χ4v) is 2.60. The third-order valence-corrected chi connectivity index (χ3v) is 3.86. The van der Waals surface area contributed by atoms with Crippen LogP contribution in [0.5, 0.6) is 5.75 Å². The molecule has 122 valence electrons. The molecule has 1 N–H and O–H groups in total. The summed E-state index contributed by atoms with van der Waals surface area (Å²) in [5.41, 5.74) is 1.21. The van der Waals surface area contributed by atoms with E-state index in [0.717, 1.165) is 25.3 Å². The van der Waals surface area contributed by atoms with Gasteiger partial charge in [0.05, 0.1) is 13.1 Å². The number of amides is 1. The third-order valence-electron chi connectivity index (χ3n) is 3.86. The Morgan fingerprint density at radius 3 is 2.96 bits per heavy atom. The number of likely N-dealkylation sites (N-methyl/N-ethyl adjacent to an activating group) is 1. The lowest BCUT2D eigenvalue weighted by Gasteiger charge is -2.17. The Bertz CT molecular complexity index is 619. The van der Waals surface area contributed by atoms with E-state index in [-0.39, 0.29) is 12.0 Å². The maximum atomic E-state index is 12.0. The van der Waals surface area contributed by atoms with Crippen LogP contribution in [0.4, 0.5) is 0 Å². The Morgan fingerprint density at radius 2 is 2.17 bits per heavy atom. The summed E-state index contributed by atoms with van der Waals surface area (Å²) in [6.45, 7) is 2.42. The summed E-state index contributed by atoms with van der Waals surface area (Å²) in [5.74, 6) is 0.939. The van der Waals surface area contributed by atoms with Crippen molar-refractivity contribution in [3.05, 3.63) is 42.5 Å². The Hall–Kier alpha value is -2.41. The molecule has 1 unspecified atom stereocenters. The second-order valence-corrected chi connectivity index (χ2v) is 5.79. The van der Waals surface area contributed by atoms with Gasteiger partial charge in [0.2, 0.25) is 5.91 Å². The van der Waals surface area contributed by atoms with Crippen molar-refractivity contribution in [3.63, 3.8) is 0 Å². The summed E-state index contributed by atoms with van der Waals surface area (Å²) >= 11 is 0. The molecule has 0 radical (unpaired) electrons. The highest BCUT2D eigenvalue weighted by Crippen LogP contribution is 2.27. The van der Waals surface area contributed by atoms with Crippen LogP contribution in [0.3, 0.4) is 0 Å². The zero-order chi connectivity index (χ0) is 16.1. The van der Waals surface area contributed by atoms with Crippen LogP contribution in [0.2, 0.25) is 0 Å². The molecular weight excluding hydrogens is 294 g/mol. The van der Waals surface area contributed by atoms with Gasteiger partial charge in [-0.05, 0) is 18.7 Å². The highest BCUT2D eigenvalue weighted by molar-refractivity contribution is 5.78. The van der Waals surface area contributed by atoms with Gasteiger partial charge in [-0.1, -0.05) is 18.2 Å². The first-order valence-corrected chi connectivity index (χ1v) is 7.73. The van der Waals surface area contributed by atoms with Gasteiger partial charge in [0.1, 0.15) is 24.5 Å². The van der Waals surface area contributed by atoms with Gasteiger partial charge in [0, 0.05) is 19.5 Å². The van der Waals surface area contributed by atoms with Crippen LogP contribution < -0.4 is 10.1 Å². The molecule has 0 bridgehead atoms. The number of rotatable bonds is 7. The minimum absolute atomic E-state index is 0.0100. The lowest BCUT2D eigenvalue weighted by atomic mass is 10.1. The van der Waals surface area contributed by atoms with Crippen LogP contribution in [0, 0.1) is 0 Å². The van der Waals surface area contributed by atoms with Crippen LogP contribution in [-0.2, 0) is 17.8 Å². The number of hydrogen-bond donors (Lipinski definition) is 1. The number of aromatic nitrogens is 3. The van der Waals surface area contributed by atoms with E-state index in [2.05, 4.69) is 21.6 Å². The fraction of sp³-hybridized carbons (Fsp3) is 0.438. The number of nitrogens with zero attached hydrogens (tertiary/aromatic N) is 4. The van der Waals surface area contributed by atoms with Crippen molar-refractivity contribution >= 4 is 5.91 Å². The van der Waals surface area contributed by atoms with E-state index in [0.29, 0.717) is 13.1 Å². The highest BCUT2D eigenvalue weighted by atomic mass is 16.5. The van der Waals surface area contributed by atoms with Crippen LogP contribution in [0.1, 0.15) is 5.56 Å². The largest absolute Gasteiger partial charge is 0.488 e. The third kappa shape index (κ3) is 4.29. The maximum Gasteiger partial charge on any atom is 0.234 e. The molecule has 1 aliphatic rings. The maximum absolute atomic E-state index is 12.0. The van der Waals surface area contributed by atoms with E-state index in [1.807, 2.05) is 34.7 Å². The number of benzene rings is 1. The number of carbonyl (C=O) groups is 1. The van der Waals surface area contributed by atoms with Crippen molar-refractivity contribution in [3.8, 4) is 5.75 Å². The van der Waals surface area contributed by atoms with Crippen molar-refractivity contribution in [2.75, 3.05) is 26.7 Å². The summed E-state index contributed by atoms with van der Waals surface area (Å²) in [5, 5.41) is 10.5.